The summed E-state index contributed by atoms with van der Waals surface area (Å²) in [5.41, 5.74) is 0.342. The summed E-state index contributed by atoms with van der Waals surface area (Å²) in [6.45, 7) is 3.54. The van der Waals surface area contributed by atoms with E-state index < -0.39 is 5.82 Å². The van der Waals surface area contributed by atoms with Gasteiger partial charge in [-0.2, -0.15) is 0 Å². The number of hydrogen-bond donors (Lipinski definition) is 0. The van der Waals surface area contributed by atoms with Gasteiger partial charge in [0.25, 0.3) is 5.91 Å². The minimum Gasteiger partial charge on any atom is -0.374 e. The molecule has 2 aromatic rings. The highest BCUT2D eigenvalue weighted by molar-refractivity contribution is 6.30. The molecular weight excluding hydrogens is 385 g/mol. The molecule has 2 fully saturated rings. The highest BCUT2D eigenvalue weighted by Crippen LogP contribution is 2.30. The Morgan fingerprint density at radius 1 is 1.39 bits per heavy atom. The molecule has 28 heavy (non-hydrogen) atoms. The number of halogens is 2. The average molecular weight is 408 g/mol. The van der Waals surface area contributed by atoms with Crippen LogP contribution in [-0.4, -0.2) is 76.6 Å². The summed E-state index contributed by atoms with van der Waals surface area (Å²) in [4.78, 5) is 17.1. The van der Waals surface area contributed by atoms with Crippen LogP contribution in [0.25, 0.3) is 5.69 Å². The number of nitrogens with zero attached hydrogens (tertiary/aromatic N) is 5. The molecule has 7 nitrogen and oxygen atoms in total. The van der Waals surface area contributed by atoms with Gasteiger partial charge in [0.15, 0.2) is 11.5 Å². The van der Waals surface area contributed by atoms with Crippen LogP contribution in [0.5, 0.6) is 0 Å². The van der Waals surface area contributed by atoms with Crippen LogP contribution < -0.4 is 0 Å². The Hall–Kier alpha value is -2.03. The number of morpholine rings is 1. The molecule has 1 aliphatic heterocycles. The lowest BCUT2D eigenvalue weighted by Crippen LogP contribution is -2.48. The van der Waals surface area contributed by atoms with Crippen molar-refractivity contribution in [2.24, 2.45) is 5.92 Å². The van der Waals surface area contributed by atoms with Crippen molar-refractivity contribution in [1.29, 1.82) is 0 Å². The summed E-state index contributed by atoms with van der Waals surface area (Å²) in [6.07, 6.45) is 3.69. The van der Waals surface area contributed by atoms with Crippen molar-refractivity contribution in [3.63, 3.8) is 0 Å². The summed E-state index contributed by atoms with van der Waals surface area (Å²) in [6, 6.07) is 4.62. The van der Waals surface area contributed by atoms with Crippen LogP contribution in [0.3, 0.4) is 0 Å². The van der Waals surface area contributed by atoms with E-state index in [0.29, 0.717) is 25.6 Å². The normalized spacial score (nSPS) is 20.3. The maximum absolute atomic E-state index is 14.2. The Morgan fingerprint density at radius 3 is 2.96 bits per heavy atom. The number of carbonyl (C=O) groups excluding carboxylic acids is 1. The Balaban J connectivity index is 1.52. The van der Waals surface area contributed by atoms with Gasteiger partial charge in [-0.05, 0) is 37.9 Å². The lowest BCUT2D eigenvalue weighted by molar-refractivity contribution is -0.0332. The third kappa shape index (κ3) is 4.34. The Kier molecular flexibility index (Phi) is 5.61. The van der Waals surface area contributed by atoms with Crippen molar-refractivity contribution >= 4 is 17.5 Å². The van der Waals surface area contributed by atoms with Gasteiger partial charge in [0, 0.05) is 26.2 Å². The highest BCUT2D eigenvalue weighted by atomic mass is 35.5. The molecule has 2 aliphatic rings. The highest BCUT2D eigenvalue weighted by Gasteiger charge is 2.31. The molecule has 150 valence electrons. The number of rotatable bonds is 6. The van der Waals surface area contributed by atoms with Crippen LogP contribution in [0.4, 0.5) is 4.39 Å². The van der Waals surface area contributed by atoms with Gasteiger partial charge in [0.2, 0.25) is 0 Å². The molecule has 0 spiro atoms. The molecule has 9 heteroatoms. The molecule has 4 rings (SSSR count). The number of aromatic nitrogens is 3. The maximum Gasteiger partial charge on any atom is 0.276 e. The average Bonchev–Trinajstić information content (AvgIpc) is 3.36. The van der Waals surface area contributed by atoms with Crippen LogP contribution in [0.1, 0.15) is 23.3 Å². The minimum absolute atomic E-state index is 0.00481. The smallest absolute Gasteiger partial charge is 0.276 e. The van der Waals surface area contributed by atoms with Crippen molar-refractivity contribution in [3.8, 4) is 5.69 Å². The van der Waals surface area contributed by atoms with E-state index in [1.165, 1.54) is 23.0 Å². The second kappa shape index (κ2) is 8.14. The molecule has 0 bridgehead atoms. The SMILES string of the molecule is CN1CCOC(CN(CC2CC2)C(=O)c2cn(-c3cccc(Cl)c3F)nn2)C1. The molecule has 1 aromatic carbocycles. The van der Waals surface area contributed by atoms with E-state index in [0.717, 1.165) is 25.9 Å². The first kappa shape index (κ1) is 19.3. The Bertz CT molecular complexity index is 857. The van der Waals surface area contributed by atoms with E-state index in [1.807, 2.05) is 7.05 Å². The molecule has 1 saturated heterocycles. The summed E-state index contributed by atoms with van der Waals surface area (Å²) in [5, 5.41) is 7.90. The van der Waals surface area contributed by atoms with E-state index in [2.05, 4.69) is 15.2 Å². The van der Waals surface area contributed by atoms with Gasteiger partial charge in [0.1, 0.15) is 5.69 Å². The Labute approximate surface area is 168 Å². The number of carbonyl (C=O) groups is 1. The van der Waals surface area contributed by atoms with E-state index in [9.17, 15) is 9.18 Å². The number of benzene rings is 1. The topological polar surface area (TPSA) is 63.5 Å². The third-order valence-electron chi connectivity index (χ3n) is 5.12. The molecule has 1 atom stereocenters. The van der Waals surface area contributed by atoms with Crippen molar-refractivity contribution in [2.45, 2.75) is 18.9 Å². The quantitative estimate of drug-likeness (QED) is 0.734. The van der Waals surface area contributed by atoms with Crippen LogP contribution in [0, 0.1) is 11.7 Å². The van der Waals surface area contributed by atoms with Gasteiger partial charge in [-0.3, -0.25) is 4.79 Å². The monoisotopic (exact) mass is 407 g/mol. The lowest BCUT2D eigenvalue weighted by atomic mass is 10.2. The van der Waals surface area contributed by atoms with Crippen LogP contribution in [-0.2, 0) is 4.74 Å². The van der Waals surface area contributed by atoms with Crippen LogP contribution in [0.15, 0.2) is 24.4 Å². The van der Waals surface area contributed by atoms with E-state index in [-0.39, 0.29) is 28.4 Å². The largest absolute Gasteiger partial charge is 0.374 e. The standard InChI is InChI=1S/C19H23ClFN5O2/c1-24-7-8-28-14(10-24)11-25(9-13-5-6-13)19(27)16-12-26(23-22-16)17-4-2-3-15(20)18(17)21/h2-4,12-14H,5-11H2,1H3. The molecular formula is C19H23ClFN5O2. The first-order chi connectivity index (χ1) is 13.5. The summed E-state index contributed by atoms with van der Waals surface area (Å²) in [7, 11) is 2.05. The zero-order chi connectivity index (χ0) is 19.7. The predicted molar refractivity (Wildman–Crippen MR) is 102 cm³/mol. The van der Waals surface area contributed by atoms with Crippen LogP contribution >= 0.6 is 11.6 Å². The molecule has 1 aromatic heterocycles. The first-order valence-electron chi connectivity index (χ1n) is 9.47. The maximum atomic E-state index is 14.2. The van der Waals surface area contributed by atoms with Gasteiger partial charge >= 0.3 is 0 Å². The van der Waals surface area contributed by atoms with Crippen molar-refractivity contribution < 1.29 is 13.9 Å². The predicted octanol–water partition coefficient (Wildman–Crippen LogP) is 2.24. The van der Waals surface area contributed by atoms with Crippen molar-refractivity contribution in [3.05, 3.63) is 40.9 Å². The van der Waals surface area contributed by atoms with Gasteiger partial charge < -0.3 is 14.5 Å². The second-order valence-electron chi connectivity index (χ2n) is 7.53. The number of likely N-dealkylation sites (N-methyl/N-ethyl adjacent to an activating group) is 1. The zero-order valence-electron chi connectivity index (χ0n) is 15.7. The first-order valence-corrected chi connectivity index (χ1v) is 9.85. The second-order valence-corrected chi connectivity index (χ2v) is 7.94. The minimum atomic E-state index is -0.596. The summed E-state index contributed by atoms with van der Waals surface area (Å²) >= 11 is 5.84. The summed E-state index contributed by atoms with van der Waals surface area (Å²) in [5.74, 6) is -0.273. The van der Waals surface area contributed by atoms with Gasteiger partial charge in [0.05, 0.1) is 23.9 Å². The molecule has 1 amide bonds. The van der Waals surface area contributed by atoms with Gasteiger partial charge in [-0.15, -0.1) is 5.10 Å². The lowest BCUT2D eigenvalue weighted by Gasteiger charge is -2.33. The molecule has 0 radical (unpaired) electrons. The Morgan fingerprint density at radius 2 is 2.21 bits per heavy atom. The number of amides is 1. The fourth-order valence-corrected chi connectivity index (χ4v) is 3.56. The third-order valence-corrected chi connectivity index (χ3v) is 5.41. The van der Waals surface area contributed by atoms with Gasteiger partial charge in [-0.25, -0.2) is 9.07 Å². The summed E-state index contributed by atoms with van der Waals surface area (Å²) < 4.78 is 21.3. The van der Waals surface area contributed by atoms with Gasteiger partial charge in [-0.1, -0.05) is 22.9 Å². The van der Waals surface area contributed by atoms with E-state index in [4.69, 9.17) is 16.3 Å². The molecule has 1 unspecified atom stereocenters. The zero-order valence-corrected chi connectivity index (χ0v) is 16.5. The fraction of sp³-hybridized carbons (Fsp3) is 0.526. The van der Waals surface area contributed by atoms with E-state index >= 15 is 0 Å². The van der Waals surface area contributed by atoms with Crippen LogP contribution in [0.2, 0.25) is 5.02 Å². The molecule has 1 aliphatic carbocycles. The van der Waals surface area contributed by atoms with Crippen molar-refractivity contribution in [1.82, 2.24) is 24.8 Å². The molecule has 2 heterocycles. The molecule has 0 N–H and O–H groups in total. The molecule has 1 saturated carbocycles. The van der Waals surface area contributed by atoms with Crippen molar-refractivity contribution in [2.75, 3.05) is 39.8 Å². The number of hydrogen-bond acceptors (Lipinski definition) is 5. The van der Waals surface area contributed by atoms with E-state index in [1.54, 1.807) is 11.0 Å². The number of ether oxygens (including phenoxy) is 1. The fourth-order valence-electron chi connectivity index (χ4n) is 3.39.